The molecule has 4 rings (SSSR count). The summed E-state index contributed by atoms with van der Waals surface area (Å²) in [5.41, 5.74) is 0.234. The smallest absolute Gasteiger partial charge is 0.374 e. The molecule has 0 aromatic carbocycles. The third kappa shape index (κ3) is 4.13. The number of rotatable bonds is 7. The molecule has 4 saturated carbocycles. The Morgan fingerprint density at radius 3 is 2.55 bits per heavy atom. The number of esters is 1. The molecule has 4 fully saturated rings. The third-order valence-electron chi connectivity index (χ3n) is 10.1. The second-order valence-corrected chi connectivity index (χ2v) is 11.6. The maximum atomic E-state index is 12.6. The number of Topliss-reactive ketones (excluding diaryl/α,β-unsaturated/α-hetero) is 2. The third-order valence-corrected chi connectivity index (χ3v) is 10.1. The molecule has 4 aliphatic carbocycles. The molecule has 4 aliphatic rings. The molecule has 0 unspecified atom stereocenters. The second-order valence-electron chi connectivity index (χ2n) is 11.6. The molecule has 0 radical (unpaired) electrons. The highest BCUT2D eigenvalue weighted by Gasteiger charge is 2.60. The molecule has 0 amide bonds. The molecule has 0 bridgehead atoms. The molecule has 4 nitrogen and oxygen atoms in total. The quantitative estimate of drug-likeness (QED) is 0.280. The van der Waals surface area contributed by atoms with Crippen molar-refractivity contribution in [2.24, 2.45) is 34.5 Å². The summed E-state index contributed by atoms with van der Waals surface area (Å²) in [7, 11) is 0. The van der Waals surface area contributed by atoms with Crippen molar-refractivity contribution in [1.29, 1.82) is 0 Å². The molecular formula is C27H42O4. The van der Waals surface area contributed by atoms with Crippen molar-refractivity contribution in [1.82, 2.24) is 0 Å². The van der Waals surface area contributed by atoms with Crippen molar-refractivity contribution in [3.8, 4) is 0 Å². The Morgan fingerprint density at radius 2 is 1.77 bits per heavy atom. The fraction of sp³-hybridized carbons (Fsp3) is 0.889. The lowest BCUT2D eigenvalue weighted by Gasteiger charge is -2.60. The van der Waals surface area contributed by atoms with E-state index in [2.05, 4.69) is 20.8 Å². The van der Waals surface area contributed by atoms with Crippen LogP contribution in [0.15, 0.2) is 0 Å². The van der Waals surface area contributed by atoms with Gasteiger partial charge < -0.3 is 4.74 Å². The maximum Gasteiger partial charge on any atom is 0.374 e. The molecule has 4 heteroatoms. The van der Waals surface area contributed by atoms with E-state index in [-0.39, 0.29) is 17.3 Å². The van der Waals surface area contributed by atoms with Crippen LogP contribution in [0.25, 0.3) is 0 Å². The standard InChI is InChI=1S/C27H42O4/c1-4-5-6-7-8-23(28)25(30)31-19-13-15-26(2)18(17-19)9-10-20-21-11-12-24(29)27(21,3)16-14-22(20)26/h18-22H,4-17H2,1-3H3/t18-,19-,20-,21-,22-,26-,27-/m0/s1. The summed E-state index contributed by atoms with van der Waals surface area (Å²) in [5, 5.41) is 0. The predicted octanol–water partition coefficient (Wildman–Crippen LogP) is 6.05. The molecule has 0 spiro atoms. The van der Waals surface area contributed by atoms with Gasteiger partial charge >= 0.3 is 5.97 Å². The van der Waals surface area contributed by atoms with Crippen LogP contribution < -0.4 is 0 Å². The fourth-order valence-corrected chi connectivity index (χ4v) is 8.13. The average molecular weight is 431 g/mol. The van der Waals surface area contributed by atoms with E-state index in [9.17, 15) is 14.4 Å². The highest BCUT2D eigenvalue weighted by Crippen LogP contribution is 2.65. The minimum Gasteiger partial charge on any atom is -0.457 e. The predicted molar refractivity (Wildman–Crippen MR) is 120 cm³/mol. The number of fused-ring (bicyclic) bond motifs is 5. The van der Waals surface area contributed by atoms with Crippen molar-refractivity contribution in [2.75, 3.05) is 0 Å². The molecule has 0 N–H and O–H groups in total. The van der Waals surface area contributed by atoms with E-state index in [4.69, 9.17) is 4.74 Å². The maximum absolute atomic E-state index is 12.6. The summed E-state index contributed by atoms with van der Waals surface area (Å²) in [5.74, 6) is 2.11. The van der Waals surface area contributed by atoms with Crippen LogP contribution in [-0.4, -0.2) is 23.6 Å². The Labute approximate surface area is 188 Å². The van der Waals surface area contributed by atoms with Crippen LogP contribution in [-0.2, 0) is 19.1 Å². The number of carbonyl (C=O) groups is 3. The van der Waals surface area contributed by atoms with Gasteiger partial charge in [0, 0.05) is 18.3 Å². The van der Waals surface area contributed by atoms with Crippen LogP contribution in [0.5, 0.6) is 0 Å². The zero-order valence-corrected chi connectivity index (χ0v) is 19.9. The van der Waals surface area contributed by atoms with Crippen LogP contribution in [0, 0.1) is 34.5 Å². The van der Waals surface area contributed by atoms with Crippen molar-refractivity contribution >= 4 is 17.5 Å². The van der Waals surface area contributed by atoms with Gasteiger partial charge in [0.15, 0.2) is 0 Å². The molecule has 0 aliphatic heterocycles. The summed E-state index contributed by atoms with van der Waals surface area (Å²) in [6.45, 7) is 6.86. The van der Waals surface area contributed by atoms with Gasteiger partial charge in [-0.2, -0.15) is 0 Å². The summed E-state index contributed by atoms with van der Waals surface area (Å²) in [6, 6.07) is 0. The number of unbranched alkanes of at least 4 members (excludes halogenated alkanes) is 3. The largest absolute Gasteiger partial charge is 0.457 e. The zero-order valence-electron chi connectivity index (χ0n) is 19.9. The molecule has 31 heavy (non-hydrogen) atoms. The van der Waals surface area contributed by atoms with Crippen molar-refractivity contribution in [3.63, 3.8) is 0 Å². The first-order chi connectivity index (χ1) is 14.8. The lowest BCUT2D eigenvalue weighted by molar-refractivity contribution is -0.167. The molecular weight excluding hydrogens is 388 g/mol. The molecule has 7 atom stereocenters. The Hall–Kier alpha value is -1.19. The van der Waals surface area contributed by atoms with Gasteiger partial charge in [-0.25, -0.2) is 4.79 Å². The topological polar surface area (TPSA) is 60.4 Å². The molecule has 0 aromatic heterocycles. The van der Waals surface area contributed by atoms with Gasteiger partial charge in [-0.3, -0.25) is 9.59 Å². The van der Waals surface area contributed by atoms with Gasteiger partial charge in [-0.15, -0.1) is 0 Å². The van der Waals surface area contributed by atoms with Gasteiger partial charge in [-0.05, 0) is 86.9 Å². The molecule has 0 heterocycles. The van der Waals surface area contributed by atoms with Crippen LogP contribution in [0.1, 0.15) is 111 Å². The number of carbonyl (C=O) groups excluding carboxylic acids is 3. The van der Waals surface area contributed by atoms with Crippen molar-refractivity contribution < 1.29 is 19.1 Å². The number of ketones is 2. The van der Waals surface area contributed by atoms with E-state index in [1.807, 2.05) is 0 Å². The monoisotopic (exact) mass is 430 g/mol. The van der Waals surface area contributed by atoms with Crippen LogP contribution in [0.3, 0.4) is 0 Å². The summed E-state index contributed by atoms with van der Waals surface area (Å²) in [4.78, 5) is 37.1. The van der Waals surface area contributed by atoms with Gasteiger partial charge in [0.2, 0.25) is 5.78 Å². The normalized spacial score (nSPS) is 41.8. The first kappa shape index (κ1) is 23.0. The van der Waals surface area contributed by atoms with Gasteiger partial charge in [-0.1, -0.05) is 40.0 Å². The Kier molecular flexibility index (Phi) is 6.66. The van der Waals surface area contributed by atoms with E-state index in [0.717, 1.165) is 64.2 Å². The molecule has 174 valence electrons. The lowest BCUT2D eigenvalue weighted by atomic mass is 9.45. The minimum atomic E-state index is -0.600. The summed E-state index contributed by atoms with van der Waals surface area (Å²) in [6.07, 6.45) is 13.7. The lowest BCUT2D eigenvalue weighted by Crippen LogP contribution is -2.54. The van der Waals surface area contributed by atoms with E-state index < -0.39 is 5.97 Å². The minimum absolute atomic E-state index is 0.0609. The Morgan fingerprint density at radius 1 is 0.968 bits per heavy atom. The van der Waals surface area contributed by atoms with Crippen LogP contribution in [0.2, 0.25) is 0 Å². The van der Waals surface area contributed by atoms with Crippen molar-refractivity contribution in [3.05, 3.63) is 0 Å². The SMILES string of the molecule is CCCCCCC(=O)C(=O)O[C@H]1CC[C@@]2(C)[C@@H](CC[C@@H]3[C@@H]2CC[C@]2(C)C(=O)CC[C@@H]32)C1. The average Bonchev–Trinajstić information content (AvgIpc) is 3.06. The van der Waals surface area contributed by atoms with E-state index >= 15 is 0 Å². The Balaban J connectivity index is 1.34. The fourth-order valence-electron chi connectivity index (χ4n) is 8.13. The number of hydrogen-bond donors (Lipinski definition) is 0. The summed E-state index contributed by atoms with van der Waals surface area (Å²) < 4.78 is 5.71. The first-order valence-corrected chi connectivity index (χ1v) is 13.1. The van der Waals surface area contributed by atoms with E-state index in [0.29, 0.717) is 41.3 Å². The van der Waals surface area contributed by atoms with E-state index in [1.54, 1.807) is 0 Å². The Bertz CT molecular complexity index is 714. The van der Waals surface area contributed by atoms with E-state index in [1.165, 1.54) is 19.3 Å². The van der Waals surface area contributed by atoms with Gasteiger partial charge in [0.25, 0.3) is 0 Å². The molecule has 0 aromatic rings. The second kappa shape index (κ2) is 8.98. The zero-order chi connectivity index (χ0) is 22.2. The number of hydrogen-bond acceptors (Lipinski definition) is 4. The number of ether oxygens (including phenoxy) is 1. The first-order valence-electron chi connectivity index (χ1n) is 13.1. The highest BCUT2D eigenvalue weighted by molar-refractivity contribution is 6.33. The van der Waals surface area contributed by atoms with Gasteiger partial charge in [0.1, 0.15) is 11.9 Å². The van der Waals surface area contributed by atoms with Gasteiger partial charge in [0.05, 0.1) is 0 Å². The van der Waals surface area contributed by atoms with Crippen LogP contribution in [0.4, 0.5) is 0 Å². The molecule has 0 saturated heterocycles. The van der Waals surface area contributed by atoms with Crippen LogP contribution >= 0.6 is 0 Å². The van der Waals surface area contributed by atoms with Crippen molar-refractivity contribution in [2.45, 2.75) is 117 Å². The summed E-state index contributed by atoms with van der Waals surface area (Å²) >= 11 is 0. The highest BCUT2D eigenvalue weighted by atomic mass is 16.5.